The SMILES string of the molecule is NC1CCC(Nc2cc(NC3CC3)c3ncc(C(=O)Nc4ccnc(F)c4)n3n2)CC1. The van der Waals surface area contributed by atoms with Crippen LogP contribution < -0.4 is 21.7 Å². The van der Waals surface area contributed by atoms with Crippen LogP contribution in [-0.4, -0.2) is 43.6 Å². The molecule has 2 aliphatic rings. The number of hydrogen-bond acceptors (Lipinski definition) is 7. The highest BCUT2D eigenvalue weighted by molar-refractivity contribution is 6.03. The fraction of sp³-hybridized carbons (Fsp3) is 0.429. The summed E-state index contributed by atoms with van der Waals surface area (Å²) in [5.74, 6) is -0.412. The van der Waals surface area contributed by atoms with Crippen molar-refractivity contribution in [3.63, 3.8) is 0 Å². The van der Waals surface area contributed by atoms with E-state index in [1.54, 1.807) is 0 Å². The lowest BCUT2D eigenvalue weighted by atomic mass is 9.92. The summed E-state index contributed by atoms with van der Waals surface area (Å²) in [7, 11) is 0. The Bertz CT molecular complexity index is 1100. The zero-order valence-corrected chi connectivity index (χ0v) is 17.0. The third kappa shape index (κ3) is 4.43. The van der Waals surface area contributed by atoms with Crippen molar-refractivity contribution in [3.05, 3.63) is 42.2 Å². The predicted molar refractivity (Wildman–Crippen MR) is 116 cm³/mol. The highest BCUT2D eigenvalue weighted by Gasteiger charge is 2.25. The number of pyridine rings is 1. The maximum atomic E-state index is 13.4. The van der Waals surface area contributed by atoms with Gasteiger partial charge in [-0.3, -0.25) is 4.79 Å². The van der Waals surface area contributed by atoms with Crippen LogP contribution in [0.15, 0.2) is 30.6 Å². The van der Waals surface area contributed by atoms with Gasteiger partial charge in [-0.15, -0.1) is 5.10 Å². The van der Waals surface area contributed by atoms with Gasteiger partial charge in [-0.2, -0.15) is 4.39 Å². The van der Waals surface area contributed by atoms with Crippen LogP contribution in [-0.2, 0) is 0 Å². The number of hydrogen-bond donors (Lipinski definition) is 4. The molecule has 31 heavy (non-hydrogen) atoms. The molecule has 0 bridgehead atoms. The Morgan fingerprint density at radius 1 is 1.06 bits per heavy atom. The highest BCUT2D eigenvalue weighted by atomic mass is 19.1. The first-order valence-corrected chi connectivity index (χ1v) is 10.7. The molecular weight excluding hydrogens is 399 g/mol. The molecule has 3 aromatic heterocycles. The number of imidazole rings is 1. The Hall–Kier alpha value is -3.27. The Morgan fingerprint density at radius 3 is 2.55 bits per heavy atom. The van der Waals surface area contributed by atoms with Crippen molar-refractivity contribution in [2.24, 2.45) is 5.73 Å². The summed E-state index contributed by atoms with van der Waals surface area (Å²) in [5.41, 5.74) is 8.02. The average molecular weight is 424 g/mol. The average Bonchev–Trinajstić information content (AvgIpc) is 3.45. The van der Waals surface area contributed by atoms with Gasteiger partial charge in [0.2, 0.25) is 5.95 Å². The third-order valence-electron chi connectivity index (χ3n) is 5.75. The first-order chi connectivity index (χ1) is 15.0. The van der Waals surface area contributed by atoms with Crippen LogP contribution in [0.2, 0.25) is 0 Å². The van der Waals surface area contributed by atoms with Gasteiger partial charge in [0.25, 0.3) is 5.91 Å². The standard InChI is InChI=1S/C21H25FN8O/c22-18-9-15(7-8-24-18)28-21(31)17-11-25-20-16(26-13-5-6-13)10-19(29-30(17)20)27-14-3-1-12(23)2-4-14/h7-14,26H,1-6,23H2,(H,27,29)(H,24,28,31). The van der Waals surface area contributed by atoms with Crippen molar-refractivity contribution in [1.29, 1.82) is 0 Å². The van der Waals surface area contributed by atoms with E-state index in [0.29, 0.717) is 29.2 Å². The second-order valence-corrected chi connectivity index (χ2v) is 8.32. The van der Waals surface area contributed by atoms with Gasteiger partial charge in [-0.05, 0) is 44.6 Å². The fourth-order valence-corrected chi connectivity index (χ4v) is 3.90. The van der Waals surface area contributed by atoms with Crippen molar-refractivity contribution >= 4 is 28.7 Å². The molecule has 1 amide bonds. The summed E-state index contributed by atoms with van der Waals surface area (Å²) in [6.07, 6.45) is 8.93. The number of aromatic nitrogens is 4. The molecule has 0 saturated heterocycles. The molecule has 0 aliphatic heterocycles. The number of carbonyl (C=O) groups is 1. The fourth-order valence-electron chi connectivity index (χ4n) is 3.90. The van der Waals surface area contributed by atoms with Crippen LogP contribution in [0.5, 0.6) is 0 Å². The predicted octanol–water partition coefficient (Wildman–Crippen LogP) is 2.77. The summed E-state index contributed by atoms with van der Waals surface area (Å²) in [6.45, 7) is 0. The number of halogens is 1. The number of nitrogens with one attached hydrogen (secondary N) is 3. The molecule has 3 heterocycles. The second-order valence-electron chi connectivity index (χ2n) is 8.32. The number of nitrogens with zero attached hydrogens (tertiary/aromatic N) is 4. The Labute approximate surface area is 178 Å². The molecule has 0 spiro atoms. The maximum Gasteiger partial charge on any atom is 0.276 e. The molecule has 0 radical (unpaired) electrons. The van der Waals surface area contributed by atoms with E-state index < -0.39 is 11.9 Å². The number of fused-ring (bicyclic) bond motifs is 1. The van der Waals surface area contributed by atoms with Crippen LogP contribution >= 0.6 is 0 Å². The summed E-state index contributed by atoms with van der Waals surface area (Å²) < 4.78 is 14.9. The van der Waals surface area contributed by atoms with E-state index in [-0.39, 0.29) is 11.7 Å². The molecule has 5 N–H and O–H groups in total. The zero-order chi connectivity index (χ0) is 21.4. The number of anilines is 3. The van der Waals surface area contributed by atoms with E-state index in [9.17, 15) is 9.18 Å². The van der Waals surface area contributed by atoms with Crippen molar-refractivity contribution in [1.82, 2.24) is 19.6 Å². The molecule has 0 unspecified atom stereocenters. The molecule has 0 aromatic carbocycles. The smallest absolute Gasteiger partial charge is 0.276 e. The minimum atomic E-state index is -0.663. The van der Waals surface area contributed by atoms with Gasteiger partial charge in [0.1, 0.15) is 5.82 Å². The Balaban J connectivity index is 1.45. The molecule has 3 aromatic rings. The van der Waals surface area contributed by atoms with Gasteiger partial charge in [-0.1, -0.05) is 0 Å². The summed E-state index contributed by atoms with van der Waals surface area (Å²) >= 11 is 0. The third-order valence-corrected chi connectivity index (χ3v) is 5.75. The lowest BCUT2D eigenvalue weighted by Crippen LogP contribution is -2.33. The molecule has 0 atom stereocenters. The molecule has 9 nitrogen and oxygen atoms in total. The van der Waals surface area contributed by atoms with Gasteiger partial charge < -0.3 is 21.7 Å². The largest absolute Gasteiger partial charge is 0.379 e. The van der Waals surface area contributed by atoms with Gasteiger partial charge in [0.15, 0.2) is 11.3 Å². The minimum absolute atomic E-state index is 0.264. The first-order valence-electron chi connectivity index (χ1n) is 10.7. The topological polar surface area (TPSA) is 122 Å². The molecular formula is C21H25FN8O. The monoisotopic (exact) mass is 424 g/mol. The van der Waals surface area contributed by atoms with Crippen molar-refractivity contribution < 1.29 is 9.18 Å². The van der Waals surface area contributed by atoms with Gasteiger partial charge in [0.05, 0.1) is 11.9 Å². The lowest BCUT2D eigenvalue weighted by Gasteiger charge is -2.27. The van der Waals surface area contributed by atoms with E-state index in [0.717, 1.165) is 50.3 Å². The van der Waals surface area contributed by atoms with Crippen LogP contribution in [0.25, 0.3) is 5.65 Å². The summed E-state index contributed by atoms with van der Waals surface area (Å²) in [6, 6.07) is 5.62. The molecule has 2 saturated carbocycles. The van der Waals surface area contributed by atoms with Crippen molar-refractivity contribution in [2.75, 3.05) is 16.0 Å². The number of carbonyl (C=O) groups excluding carboxylic acids is 1. The van der Waals surface area contributed by atoms with E-state index in [4.69, 9.17) is 5.73 Å². The second kappa shape index (κ2) is 8.10. The zero-order valence-electron chi connectivity index (χ0n) is 17.0. The number of nitrogens with two attached hydrogens (primary N) is 1. The van der Waals surface area contributed by atoms with E-state index in [1.807, 2.05) is 6.07 Å². The van der Waals surface area contributed by atoms with E-state index >= 15 is 0 Å². The Morgan fingerprint density at radius 2 is 1.81 bits per heavy atom. The van der Waals surface area contributed by atoms with Crippen LogP contribution in [0.3, 0.4) is 0 Å². The normalized spacial score (nSPS) is 21.1. The quantitative estimate of drug-likeness (QED) is 0.449. The van der Waals surface area contributed by atoms with E-state index in [1.165, 1.54) is 23.0 Å². The molecule has 2 fully saturated rings. The van der Waals surface area contributed by atoms with Crippen LogP contribution in [0.1, 0.15) is 49.0 Å². The minimum Gasteiger partial charge on any atom is -0.379 e. The first kappa shape index (κ1) is 19.7. The van der Waals surface area contributed by atoms with Gasteiger partial charge >= 0.3 is 0 Å². The van der Waals surface area contributed by atoms with Gasteiger partial charge in [-0.25, -0.2) is 14.5 Å². The van der Waals surface area contributed by atoms with Crippen LogP contribution in [0, 0.1) is 5.95 Å². The summed E-state index contributed by atoms with van der Waals surface area (Å²) in [5, 5.41) is 14.3. The molecule has 2 aliphatic carbocycles. The van der Waals surface area contributed by atoms with Crippen LogP contribution in [0.4, 0.5) is 21.6 Å². The van der Waals surface area contributed by atoms with Crippen molar-refractivity contribution in [2.45, 2.75) is 56.7 Å². The summed E-state index contributed by atoms with van der Waals surface area (Å²) in [4.78, 5) is 20.8. The lowest BCUT2D eigenvalue weighted by molar-refractivity contribution is 0.102. The van der Waals surface area contributed by atoms with E-state index in [2.05, 4.69) is 31.0 Å². The number of rotatable bonds is 6. The molecule has 10 heteroatoms. The van der Waals surface area contributed by atoms with Gasteiger partial charge in [0, 0.05) is 42.1 Å². The Kier molecular flexibility index (Phi) is 5.14. The molecule has 162 valence electrons. The highest BCUT2D eigenvalue weighted by Crippen LogP contribution is 2.29. The maximum absolute atomic E-state index is 13.4. The molecule has 5 rings (SSSR count). The number of amides is 1. The van der Waals surface area contributed by atoms with Crippen molar-refractivity contribution in [3.8, 4) is 0 Å².